The standard InChI is InChI=1S/C8H13NO2.ClH.H2O/c10-7(11)8-1-4-9(5-2-8)6-3-8;;/h1-6H2,(H,10,11);1H;1H2. The molecule has 0 aliphatic carbocycles. The lowest BCUT2D eigenvalue weighted by atomic mass is 9.72. The van der Waals surface area contributed by atoms with E-state index in [2.05, 4.69) is 0 Å². The molecular formula is C8H16ClNO3. The van der Waals surface area contributed by atoms with E-state index in [9.17, 15) is 4.79 Å². The van der Waals surface area contributed by atoms with Crippen molar-refractivity contribution in [2.45, 2.75) is 19.3 Å². The molecule has 0 aromatic heterocycles. The average molecular weight is 210 g/mol. The van der Waals surface area contributed by atoms with Crippen LogP contribution < -0.4 is 17.3 Å². The molecule has 3 aliphatic heterocycles. The fraction of sp³-hybridized carbons (Fsp3) is 0.875. The van der Waals surface area contributed by atoms with E-state index in [-0.39, 0.29) is 23.3 Å². The number of carbonyl (C=O) groups is 1. The third kappa shape index (κ3) is 1.95. The molecule has 3 fully saturated rings. The number of nitrogens with one attached hydrogen (secondary N) is 1. The molecule has 4 nitrogen and oxygen atoms in total. The number of fused-ring (bicyclic) bond motifs is 3. The molecule has 0 spiro atoms. The van der Waals surface area contributed by atoms with E-state index in [1.165, 1.54) is 0 Å². The fourth-order valence-corrected chi connectivity index (χ4v) is 2.32. The zero-order valence-electron chi connectivity index (χ0n) is 7.48. The topological polar surface area (TPSA) is 73.2 Å². The van der Waals surface area contributed by atoms with Crippen LogP contribution in [0.4, 0.5) is 0 Å². The van der Waals surface area contributed by atoms with Crippen molar-refractivity contribution in [3.05, 3.63) is 0 Å². The van der Waals surface area contributed by atoms with Gasteiger partial charge in [0.25, 0.3) is 0 Å². The van der Waals surface area contributed by atoms with Gasteiger partial charge in [0.15, 0.2) is 0 Å². The van der Waals surface area contributed by atoms with E-state index in [0.29, 0.717) is 0 Å². The van der Waals surface area contributed by atoms with Gasteiger partial charge in [0.05, 0.1) is 25.0 Å². The first-order chi connectivity index (χ1) is 5.23. The van der Waals surface area contributed by atoms with Crippen molar-refractivity contribution in [3.8, 4) is 0 Å². The van der Waals surface area contributed by atoms with E-state index in [1.54, 1.807) is 4.90 Å². The fourth-order valence-electron chi connectivity index (χ4n) is 2.32. The van der Waals surface area contributed by atoms with Crippen LogP contribution in [-0.2, 0) is 4.79 Å². The molecule has 5 heteroatoms. The summed E-state index contributed by atoms with van der Waals surface area (Å²) in [7, 11) is 0. The molecule has 0 saturated carbocycles. The van der Waals surface area contributed by atoms with E-state index < -0.39 is 5.97 Å². The molecule has 0 unspecified atom stereocenters. The molecule has 2 bridgehead atoms. The molecule has 13 heavy (non-hydrogen) atoms. The summed E-state index contributed by atoms with van der Waals surface area (Å²) in [6, 6.07) is 0. The summed E-state index contributed by atoms with van der Waals surface area (Å²) < 4.78 is 0. The number of hydrogen-bond acceptors (Lipinski definition) is 1. The largest absolute Gasteiger partial charge is 1.00 e. The number of quaternary nitrogens is 1. The lowest BCUT2D eigenvalue weighted by Gasteiger charge is -2.42. The third-order valence-corrected chi connectivity index (χ3v) is 3.32. The average Bonchev–Trinajstić information content (AvgIpc) is 2.08. The Kier molecular flexibility index (Phi) is 4.16. The number of rotatable bonds is 1. The minimum atomic E-state index is -0.559. The van der Waals surface area contributed by atoms with E-state index >= 15 is 0 Å². The van der Waals surface area contributed by atoms with Gasteiger partial charge in [-0.3, -0.25) is 4.79 Å². The molecule has 3 rings (SSSR count). The van der Waals surface area contributed by atoms with Crippen molar-refractivity contribution in [2.24, 2.45) is 5.41 Å². The summed E-state index contributed by atoms with van der Waals surface area (Å²) in [6.45, 7) is 3.23. The lowest BCUT2D eigenvalue weighted by Crippen LogP contribution is -3.15. The first-order valence-electron chi connectivity index (χ1n) is 4.30. The van der Waals surface area contributed by atoms with E-state index in [4.69, 9.17) is 5.11 Å². The van der Waals surface area contributed by atoms with E-state index in [0.717, 1.165) is 38.9 Å². The quantitative estimate of drug-likeness (QED) is 0.456. The predicted molar refractivity (Wildman–Crippen MR) is 43.1 cm³/mol. The smallest absolute Gasteiger partial charge is 0.310 e. The van der Waals surface area contributed by atoms with Gasteiger partial charge in [0, 0.05) is 19.3 Å². The van der Waals surface area contributed by atoms with Gasteiger partial charge in [-0.15, -0.1) is 0 Å². The zero-order valence-corrected chi connectivity index (χ0v) is 8.23. The molecule has 0 aromatic carbocycles. The van der Waals surface area contributed by atoms with Crippen LogP contribution in [0.5, 0.6) is 0 Å². The van der Waals surface area contributed by atoms with Gasteiger partial charge in [0.1, 0.15) is 0 Å². The van der Waals surface area contributed by atoms with Crippen LogP contribution in [0, 0.1) is 5.41 Å². The summed E-state index contributed by atoms with van der Waals surface area (Å²) >= 11 is 0. The van der Waals surface area contributed by atoms with Gasteiger partial charge in [0.2, 0.25) is 0 Å². The maximum atomic E-state index is 10.9. The molecular weight excluding hydrogens is 194 g/mol. The van der Waals surface area contributed by atoms with Crippen LogP contribution in [0.1, 0.15) is 19.3 Å². The number of carboxylic acid groups (broad SMARTS) is 1. The minimum Gasteiger partial charge on any atom is -1.00 e. The molecule has 4 N–H and O–H groups in total. The Morgan fingerprint density at radius 1 is 1.15 bits per heavy atom. The Morgan fingerprint density at radius 2 is 1.54 bits per heavy atom. The molecule has 0 radical (unpaired) electrons. The molecule has 3 aliphatic rings. The molecule has 3 saturated heterocycles. The van der Waals surface area contributed by atoms with Crippen LogP contribution in [0.25, 0.3) is 0 Å². The SMILES string of the molecule is O.O=C(O)C12CC[NH+](CC1)CC2.[Cl-]. The highest BCUT2D eigenvalue weighted by Gasteiger charge is 2.47. The molecule has 0 aromatic rings. The highest BCUT2D eigenvalue weighted by atomic mass is 35.5. The monoisotopic (exact) mass is 209 g/mol. The summed E-state index contributed by atoms with van der Waals surface area (Å²) in [6.07, 6.45) is 2.70. The Hall–Kier alpha value is -0.320. The van der Waals surface area contributed by atoms with Crippen LogP contribution in [0.3, 0.4) is 0 Å². The van der Waals surface area contributed by atoms with Crippen molar-refractivity contribution in [3.63, 3.8) is 0 Å². The normalized spacial score (nSPS) is 35.8. The number of aliphatic carboxylic acids is 1. The number of carboxylic acids is 1. The minimum absolute atomic E-state index is 0. The first-order valence-corrected chi connectivity index (χ1v) is 4.30. The van der Waals surface area contributed by atoms with Gasteiger partial charge in [-0.05, 0) is 0 Å². The maximum Gasteiger partial charge on any atom is 0.310 e. The number of hydrogen-bond donors (Lipinski definition) is 2. The van der Waals surface area contributed by atoms with Crippen LogP contribution in [0.15, 0.2) is 0 Å². The third-order valence-electron chi connectivity index (χ3n) is 3.32. The molecule has 0 amide bonds. The Labute approximate surface area is 83.6 Å². The van der Waals surface area contributed by atoms with Crippen molar-refractivity contribution < 1.29 is 32.7 Å². The molecule has 0 atom stereocenters. The van der Waals surface area contributed by atoms with Crippen molar-refractivity contribution >= 4 is 5.97 Å². The summed E-state index contributed by atoms with van der Waals surface area (Å²) in [5.74, 6) is -0.559. The summed E-state index contributed by atoms with van der Waals surface area (Å²) in [4.78, 5) is 12.5. The molecule has 3 heterocycles. The van der Waals surface area contributed by atoms with Crippen LogP contribution >= 0.6 is 0 Å². The van der Waals surface area contributed by atoms with Crippen molar-refractivity contribution in [1.29, 1.82) is 0 Å². The molecule has 78 valence electrons. The second-order valence-electron chi connectivity index (χ2n) is 3.84. The second-order valence-corrected chi connectivity index (χ2v) is 3.84. The van der Waals surface area contributed by atoms with Gasteiger partial charge in [-0.1, -0.05) is 0 Å². The number of piperidine rings is 3. The maximum absolute atomic E-state index is 10.9. The Morgan fingerprint density at radius 3 is 1.77 bits per heavy atom. The predicted octanol–water partition coefficient (Wildman–Crippen LogP) is -4.68. The van der Waals surface area contributed by atoms with Crippen LogP contribution in [-0.4, -0.2) is 36.2 Å². The van der Waals surface area contributed by atoms with Crippen LogP contribution in [0.2, 0.25) is 0 Å². The van der Waals surface area contributed by atoms with Gasteiger partial charge < -0.3 is 27.9 Å². The summed E-state index contributed by atoms with van der Waals surface area (Å²) in [5.41, 5.74) is -0.318. The zero-order chi connectivity index (χ0) is 7.90. The van der Waals surface area contributed by atoms with Crippen molar-refractivity contribution in [2.75, 3.05) is 19.6 Å². The van der Waals surface area contributed by atoms with Gasteiger partial charge >= 0.3 is 5.97 Å². The lowest BCUT2D eigenvalue weighted by molar-refractivity contribution is -0.918. The number of halogens is 1. The second kappa shape index (κ2) is 4.26. The highest BCUT2D eigenvalue weighted by Crippen LogP contribution is 2.33. The highest BCUT2D eigenvalue weighted by molar-refractivity contribution is 5.74. The first kappa shape index (κ1) is 12.7. The van der Waals surface area contributed by atoms with E-state index in [1.807, 2.05) is 0 Å². The van der Waals surface area contributed by atoms with Crippen molar-refractivity contribution in [1.82, 2.24) is 0 Å². The van der Waals surface area contributed by atoms with Gasteiger partial charge in [-0.2, -0.15) is 0 Å². The Bertz CT molecular complexity index is 176. The van der Waals surface area contributed by atoms with Gasteiger partial charge in [-0.25, -0.2) is 0 Å². The Balaban J connectivity index is 0.000000720. The summed E-state index contributed by atoms with van der Waals surface area (Å²) in [5, 5.41) is 9.00.